The second-order valence-corrected chi connectivity index (χ2v) is 7.77. The Labute approximate surface area is 168 Å². The van der Waals surface area contributed by atoms with E-state index >= 15 is 0 Å². The molecule has 30 heavy (non-hydrogen) atoms. The van der Waals surface area contributed by atoms with E-state index in [1.54, 1.807) is 6.07 Å². The predicted octanol–water partition coefficient (Wildman–Crippen LogP) is 3.96. The highest BCUT2D eigenvalue weighted by atomic mass is 19.4. The number of ether oxygens (including phenoxy) is 1. The number of aliphatic hydroxyl groups is 1. The van der Waals surface area contributed by atoms with Crippen molar-refractivity contribution in [2.45, 2.75) is 50.6 Å². The molecular formula is C19H19F4N5O2. The van der Waals surface area contributed by atoms with Crippen molar-refractivity contribution in [3.05, 3.63) is 47.7 Å². The fourth-order valence-corrected chi connectivity index (χ4v) is 3.24. The zero-order valence-electron chi connectivity index (χ0n) is 16.1. The van der Waals surface area contributed by atoms with Crippen LogP contribution in [0.4, 0.5) is 23.4 Å². The Kier molecular flexibility index (Phi) is 4.80. The molecule has 2 heterocycles. The summed E-state index contributed by atoms with van der Waals surface area (Å²) >= 11 is 0. The number of aromatic nitrogens is 4. The molecule has 0 spiro atoms. The maximum Gasteiger partial charge on any atom is 0.573 e. The van der Waals surface area contributed by atoms with E-state index in [2.05, 4.69) is 25.1 Å². The first kappa shape index (κ1) is 20.3. The third kappa shape index (κ3) is 4.30. The zero-order valence-corrected chi connectivity index (χ0v) is 16.1. The van der Waals surface area contributed by atoms with E-state index in [1.807, 2.05) is 0 Å². The normalized spacial score (nSPS) is 16.0. The summed E-state index contributed by atoms with van der Waals surface area (Å²) in [7, 11) is 0. The van der Waals surface area contributed by atoms with Crippen LogP contribution in [-0.4, -0.2) is 36.7 Å². The van der Waals surface area contributed by atoms with Crippen LogP contribution in [0.1, 0.15) is 49.9 Å². The lowest BCUT2D eigenvalue weighted by Gasteiger charge is -2.32. The number of alkyl halides is 3. The van der Waals surface area contributed by atoms with Gasteiger partial charge in [-0.1, -0.05) is 6.07 Å². The monoisotopic (exact) mass is 425 g/mol. The molecule has 0 amide bonds. The SMILES string of the molecule is CC(C)(O)[C@H](Nc1cc(C2CC2)nc2ncnn12)c1ccc(OC(F)(F)F)cc1F. The van der Waals surface area contributed by atoms with Crippen LogP contribution < -0.4 is 10.1 Å². The van der Waals surface area contributed by atoms with Crippen molar-refractivity contribution in [1.82, 2.24) is 19.6 Å². The molecule has 160 valence electrons. The molecule has 3 aromatic rings. The molecule has 7 nitrogen and oxygen atoms in total. The Bertz CT molecular complexity index is 1070. The van der Waals surface area contributed by atoms with Gasteiger partial charge >= 0.3 is 6.36 Å². The van der Waals surface area contributed by atoms with Gasteiger partial charge in [-0.3, -0.25) is 0 Å². The van der Waals surface area contributed by atoms with Gasteiger partial charge in [-0.15, -0.1) is 13.2 Å². The topological polar surface area (TPSA) is 84.6 Å². The van der Waals surface area contributed by atoms with Gasteiger partial charge in [0.15, 0.2) is 0 Å². The van der Waals surface area contributed by atoms with Gasteiger partial charge in [-0.25, -0.2) is 9.37 Å². The van der Waals surface area contributed by atoms with Gasteiger partial charge in [0.05, 0.1) is 17.3 Å². The van der Waals surface area contributed by atoms with Crippen molar-refractivity contribution >= 4 is 11.6 Å². The smallest absolute Gasteiger partial charge is 0.406 e. The van der Waals surface area contributed by atoms with Crippen LogP contribution >= 0.6 is 0 Å². The molecule has 2 aromatic heterocycles. The highest BCUT2D eigenvalue weighted by Crippen LogP contribution is 2.40. The summed E-state index contributed by atoms with van der Waals surface area (Å²) in [6.07, 6.45) is -1.61. The van der Waals surface area contributed by atoms with Gasteiger partial charge in [0.2, 0.25) is 0 Å². The average Bonchev–Trinajstić information content (AvgIpc) is 3.35. The first-order valence-electron chi connectivity index (χ1n) is 9.26. The molecule has 0 unspecified atom stereocenters. The molecule has 1 atom stereocenters. The average molecular weight is 425 g/mol. The zero-order chi connectivity index (χ0) is 21.7. The van der Waals surface area contributed by atoms with Crippen LogP contribution in [0.5, 0.6) is 5.75 Å². The summed E-state index contributed by atoms with van der Waals surface area (Å²) in [5.41, 5.74) is -0.708. The Morgan fingerprint density at radius 1 is 1.23 bits per heavy atom. The highest BCUT2D eigenvalue weighted by Gasteiger charge is 2.34. The molecule has 4 rings (SSSR count). The number of nitrogens with zero attached hydrogens (tertiary/aromatic N) is 4. The fraction of sp³-hybridized carbons (Fsp3) is 0.421. The number of rotatable bonds is 6. The maximum absolute atomic E-state index is 14.7. The van der Waals surface area contributed by atoms with E-state index < -0.39 is 29.6 Å². The lowest BCUT2D eigenvalue weighted by atomic mass is 9.91. The number of benzene rings is 1. The number of nitrogens with one attached hydrogen (secondary N) is 1. The quantitative estimate of drug-likeness (QED) is 0.582. The summed E-state index contributed by atoms with van der Waals surface area (Å²) in [6.45, 7) is 2.93. The standard InChI is InChI=1S/C19H19F4N5O2/c1-18(2,29)16(12-6-5-11(7-13(12)20)30-19(21,22)23)27-15-8-14(10-3-4-10)26-17-24-9-25-28(15)17/h5-10,16,27,29H,3-4H2,1-2H3/t16-/m1/s1. The minimum Gasteiger partial charge on any atom is -0.406 e. The van der Waals surface area contributed by atoms with Crippen LogP contribution in [-0.2, 0) is 0 Å². The Hall–Kier alpha value is -2.95. The van der Waals surface area contributed by atoms with Crippen molar-refractivity contribution in [3.63, 3.8) is 0 Å². The van der Waals surface area contributed by atoms with E-state index in [-0.39, 0.29) is 5.56 Å². The molecule has 11 heteroatoms. The van der Waals surface area contributed by atoms with Crippen molar-refractivity contribution in [2.75, 3.05) is 5.32 Å². The number of halogens is 4. The predicted molar refractivity (Wildman–Crippen MR) is 98.5 cm³/mol. The molecule has 1 aliphatic rings. The minimum absolute atomic E-state index is 0.0323. The lowest BCUT2D eigenvalue weighted by molar-refractivity contribution is -0.274. The molecule has 1 fully saturated rings. The van der Waals surface area contributed by atoms with Crippen LogP contribution in [0.2, 0.25) is 0 Å². The molecule has 1 saturated carbocycles. The summed E-state index contributed by atoms with van der Waals surface area (Å²) in [5, 5.41) is 17.9. The van der Waals surface area contributed by atoms with E-state index in [0.717, 1.165) is 30.7 Å². The van der Waals surface area contributed by atoms with E-state index in [4.69, 9.17) is 0 Å². The molecule has 0 aliphatic heterocycles. The Morgan fingerprint density at radius 2 is 1.97 bits per heavy atom. The molecule has 2 N–H and O–H groups in total. The number of hydrogen-bond acceptors (Lipinski definition) is 6. The fourth-order valence-electron chi connectivity index (χ4n) is 3.24. The second-order valence-electron chi connectivity index (χ2n) is 7.77. The van der Waals surface area contributed by atoms with Crippen LogP contribution in [0, 0.1) is 5.82 Å². The van der Waals surface area contributed by atoms with Crippen LogP contribution in [0.25, 0.3) is 5.78 Å². The maximum atomic E-state index is 14.7. The summed E-state index contributed by atoms with van der Waals surface area (Å²) in [6, 6.07) is 3.53. The van der Waals surface area contributed by atoms with Crippen molar-refractivity contribution in [1.29, 1.82) is 0 Å². The van der Waals surface area contributed by atoms with E-state index in [9.17, 15) is 22.7 Å². The van der Waals surface area contributed by atoms with Gasteiger partial charge in [0, 0.05) is 23.6 Å². The first-order valence-corrected chi connectivity index (χ1v) is 9.26. The number of hydrogen-bond donors (Lipinski definition) is 2. The van der Waals surface area contributed by atoms with Crippen molar-refractivity contribution < 1.29 is 27.4 Å². The van der Waals surface area contributed by atoms with E-state index in [0.29, 0.717) is 23.6 Å². The molecule has 0 radical (unpaired) electrons. The summed E-state index contributed by atoms with van der Waals surface area (Å²) in [4.78, 5) is 8.55. The largest absolute Gasteiger partial charge is 0.573 e. The molecule has 1 aromatic carbocycles. The molecule has 0 saturated heterocycles. The number of fused-ring (bicyclic) bond motifs is 1. The van der Waals surface area contributed by atoms with Gasteiger partial charge in [0.1, 0.15) is 23.7 Å². The lowest BCUT2D eigenvalue weighted by Crippen LogP contribution is -2.35. The Balaban J connectivity index is 1.71. The Morgan fingerprint density at radius 3 is 2.57 bits per heavy atom. The highest BCUT2D eigenvalue weighted by molar-refractivity contribution is 5.49. The minimum atomic E-state index is -4.93. The van der Waals surface area contributed by atoms with Gasteiger partial charge in [-0.05, 0) is 32.8 Å². The third-order valence-corrected chi connectivity index (χ3v) is 4.78. The van der Waals surface area contributed by atoms with Crippen molar-refractivity contribution in [2.24, 2.45) is 0 Å². The van der Waals surface area contributed by atoms with Gasteiger partial charge < -0.3 is 15.2 Å². The summed E-state index contributed by atoms with van der Waals surface area (Å²) in [5.74, 6) is -0.546. The first-order chi connectivity index (χ1) is 14.0. The van der Waals surface area contributed by atoms with E-state index in [1.165, 1.54) is 24.7 Å². The van der Waals surface area contributed by atoms with Gasteiger partial charge in [0.25, 0.3) is 5.78 Å². The second kappa shape index (κ2) is 7.08. The van der Waals surface area contributed by atoms with Crippen molar-refractivity contribution in [3.8, 4) is 5.75 Å². The van der Waals surface area contributed by atoms with Gasteiger partial charge in [-0.2, -0.15) is 14.6 Å². The molecular weight excluding hydrogens is 406 g/mol. The number of anilines is 1. The third-order valence-electron chi connectivity index (χ3n) is 4.78. The summed E-state index contributed by atoms with van der Waals surface area (Å²) < 4.78 is 57.2. The van der Waals surface area contributed by atoms with Crippen LogP contribution in [0.3, 0.4) is 0 Å². The molecule has 1 aliphatic carbocycles. The van der Waals surface area contributed by atoms with Crippen LogP contribution in [0.15, 0.2) is 30.6 Å². The molecule has 0 bridgehead atoms.